The van der Waals surface area contributed by atoms with E-state index in [-0.39, 0.29) is 10.6 Å². The van der Waals surface area contributed by atoms with E-state index in [4.69, 9.17) is 5.14 Å². The zero-order valence-electron chi connectivity index (χ0n) is 14.6. The molecule has 3 N–H and O–H groups in total. The number of rotatable bonds is 6. The normalized spacial score (nSPS) is 12.0. The van der Waals surface area contributed by atoms with E-state index >= 15 is 0 Å². The fraction of sp³-hybridized carbons (Fsp3) is 0.0625. The van der Waals surface area contributed by atoms with Crippen molar-refractivity contribution in [2.45, 2.75) is 11.8 Å². The van der Waals surface area contributed by atoms with Crippen LogP contribution in [-0.4, -0.2) is 33.8 Å². The standard InChI is InChI=1S/C16H15N7O4S/c1-11(12-2-4-13(5-3-12)22-10-18-9-19-22)20-21-15-7-6-14(28(17,26)27)8-16(15)23(24)25/h2-10,21H,1H3,(H2,17,26,27)/b20-11+. The fourth-order valence-electron chi connectivity index (χ4n) is 2.34. The summed E-state index contributed by atoms with van der Waals surface area (Å²) in [4.78, 5) is 14.0. The average Bonchev–Trinajstić information content (AvgIpc) is 3.20. The van der Waals surface area contributed by atoms with Crippen molar-refractivity contribution >= 4 is 27.1 Å². The summed E-state index contributed by atoms with van der Waals surface area (Å²) < 4.78 is 24.4. The van der Waals surface area contributed by atoms with Gasteiger partial charge in [0, 0.05) is 6.07 Å². The van der Waals surface area contributed by atoms with Gasteiger partial charge in [-0.2, -0.15) is 10.2 Å². The fourth-order valence-corrected chi connectivity index (χ4v) is 2.87. The average molecular weight is 401 g/mol. The first-order valence-electron chi connectivity index (χ1n) is 7.82. The summed E-state index contributed by atoms with van der Waals surface area (Å²) in [5.41, 5.74) is 4.34. The van der Waals surface area contributed by atoms with E-state index in [0.29, 0.717) is 5.71 Å². The highest BCUT2D eigenvalue weighted by atomic mass is 32.2. The second kappa shape index (κ2) is 7.54. The van der Waals surface area contributed by atoms with Gasteiger partial charge in [-0.25, -0.2) is 23.2 Å². The molecule has 0 amide bonds. The number of hydrogen-bond acceptors (Lipinski definition) is 8. The third-order valence-electron chi connectivity index (χ3n) is 3.81. The highest BCUT2D eigenvalue weighted by Gasteiger charge is 2.19. The molecule has 0 aliphatic heterocycles. The Labute approximate surface area is 159 Å². The van der Waals surface area contributed by atoms with Gasteiger partial charge in [-0.05, 0) is 36.8 Å². The lowest BCUT2D eigenvalue weighted by Crippen LogP contribution is -2.12. The molecule has 1 aromatic heterocycles. The molecule has 0 atom stereocenters. The summed E-state index contributed by atoms with van der Waals surface area (Å²) in [5.74, 6) is 0. The quantitative estimate of drug-likeness (QED) is 0.361. The first-order chi connectivity index (χ1) is 13.3. The predicted molar refractivity (Wildman–Crippen MR) is 102 cm³/mol. The van der Waals surface area contributed by atoms with Crippen molar-refractivity contribution < 1.29 is 13.3 Å². The molecule has 0 fully saturated rings. The van der Waals surface area contributed by atoms with Gasteiger partial charge in [0.2, 0.25) is 10.0 Å². The molecule has 0 spiro atoms. The number of nitrogens with one attached hydrogen (secondary N) is 1. The predicted octanol–water partition coefficient (Wildman–Crippen LogP) is 1.66. The first kappa shape index (κ1) is 19.1. The summed E-state index contributed by atoms with van der Waals surface area (Å²) in [6, 6.07) is 10.6. The molecule has 144 valence electrons. The summed E-state index contributed by atoms with van der Waals surface area (Å²) in [6.07, 6.45) is 3.00. The van der Waals surface area contributed by atoms with Crippen molar-refractivity contribution in [1.29, 1.82) is 0 Å². The highest BCUT2D eigenvalue weighted by molar-refractivity contribution is 7.89. The number of sulfonamides is 1. The molecular weight excluding hydrogens is 386 g/mol. The van der Waals surface area contributed by atoms with Crippen LogP contribution < -0.4 is 10.6 Å². The van der Waals surface area contributed by atoms with Gasteiger partial charge < -0.3 is 0 Å². The third-order valence-corrected chi connectivity index (χ3v) is 4.72. The smallest absolute Gasteiger partial charge is 0.271 e. The van der Waals surface area contributed by atoms with Crippen molar-refractivity contribution in [1.82, 2.24) is 14.8 Å². The molecule has 0 bridgehead atoms. The van der Waals surface area contributed by atoms with Crippen LogP contribution in [0.5, 0.6) is 0 Å². The lowest BCUT2D eigenvalue weighted by molar-refractivity contribution is -0.384. The van der Waals surface area contributed by atoms with Gasteiger partial charge in [0.15, 0.2) is 0 Å². The maximum Gasteiger partial charge on any atom is 0.295 e. The van der Waals surface area contributed by atoms with Crippen LogP contribution in [0.15, 0.2) is 65.1 Å². The summed E-state index contributed by atoms with van der Waals surface area (Å²) in [7, 11) is -4.05. The molecule has 0 saturated carbocycles. The topological polar surface area (TPSA) is 158 Å². The van der Waals surface area contributed by atoms with Crippen molar-refractivity contribution in [2.75, 3.05) is 5.43 Å². The number of aromatic nitrogens is 3. The number of hydrazone groups is 1. The molecule has 3 aromatic rings. The summed E-state index contributed by atoms with van der Waals surface area (Å²) in [5, 5.41) is 24.4. The Morgan fingerprint density at radius 3 is 2.54 bits per heavy atom. The largest absolute Gasteiger partial charge is 0.295 e. The van der Waals surface area contributed by atoms with Gasteiger partial charge in [0.05, 0.1) is 21.2 Å². The molecule has 0 aliphatic rings. The molecule has 1 heterocycles. The number of hydrogen-bond donors (Lipinski definition) is 2. The van der Waals surface area contributed by atoms with E-state index < -0.39 is 20.6 Å². The van der Waals surface area contributed by atoms with Gasteiger partial charge in [-0.1, -0.05) is 12.1 Å². The van der Waals surface area contributed by atoms with E-state index in [1.807, 2.05) is 24.3 Å². The Morgan fingerprint density at radius 2 is 1.96 bits per heavy atom. The molecule has 0 saturated heterocycles. The van der Waals surface area contributed by atoms with Gasteiger partial charge in [-0.15, -0.1) is 0 Å². The Kier molecular flexibility index (Phi) is 5.15. The van der Waals surface area contributed by atoms with Crippen LogP contribution >= 0.6 is 0 Å². The van der Waals surface area contributed by atoms with Crippen LogP contribution in [0.4, 0.5) is 11.4 Å². The van der Waals surface area contributed by atoms with Crippen LogP contribution in [0, 0.1) is 10.1 Å². The van der Waals surface area contributed by atoms with Crippen LogP contribution in [0.25, 0.3) is 5.69 Å². The van der Waals surface area contributed by atoms with Gasteiger partial charge in [-0.3, -0.25) is 15.5 Å². The number of anilines is 1. The number of primary sulfonamides is 1. The minimum Gasteiger partial charge on any atom is -0.271 e. The Balaban J connectivity index is 1.83. The summed E-state index contributed by atoms with van der Waals surface area (Å²) >= 11 is 0. The van der Waals surface area contributed by atoms with Crippen molar-refractivity contribution in [3.05, 3.63) is 70.8 Å². The molecule has 11 nitrogen and oxygen atoms in total. The zero-order valence-corrected chi connectivity index (χ0v) is 15.4. The molecule has 0 radical (unpaired) electrons. The van der Waals surface area contributed by atoms with E-state index in [0.717, 1.165) is 17.3 Å². The number of nitro groups is 1. The lowest BCUT2D eigenvalue weighted by atomic mass is 10.1. The maximum absolute atomic E-state index is 11.4. The van der Waals surface area contributed by atoms with Crippen LogP contribution in [0.2, 0.25) is 0 Å². The van der Waals surface area contributed by atoms with E-state index in [2.05, 4.69) is 20.6 Å². The number of nitrogens with two attached hydrogens (primary N) is 1. The zero-order chi connectivity index (χ0) is 20.3. The molecule has 12 heteroatoms. The van der Waals surface area contributed by atoms with Crippen LogP contribution in [0.1, 0.15) is 12.5 Å². The maximum atomic E-state index is 11.4. The van der Waals surface area contributed by atoms with E-state index in [9.17, 15) is 18.5 Å². The van der Waals surface area contributed by atoms with E-state index in [1.54, 1.807) is 17.9 Å². The Morgan fingerprint density at radius 1 is 1.25 bits per heavy atom. The van der Waals surface area contributed by atoms with Gasteiger partial charge in [0.25, 0.3) is 5.69 Å². The molecule has 3 rings (SSSR count). The van der Waals surface area contributed by atoms with Crippen LogP contribution in [0.3, 0.4) is 0 Å². The highest BCUT2D eigenvalue weighted by Crippen LogP contribution is 2.27. The monoisotopic (exact) mass is 401 g/mol. The van der Waals surface area contributed by atoms with E-state index in [1.165, 1.54) is 18.5 Å². The number of nitrogens with zero attached hydrogens (tertiary/aromatic N) is 5. The van der Waals surface area contributed by atoms with Gasteiger partial charge >= 0.3 is 0 Å². The molecule has 28 heavy (non-hydrogen) atoms. The number of nitro benzene ring substituents is 1. The van der Waals surface area contributed by atoms with Crippen molar-refractivity contribution in [3.8, 4) is 5.69 Å². The third kappa shape index (κ3) is 4.19. The first-order valence-corrected chi connectivity index (χ1v) is 9.37. The minimum atomic E-state index is -4.05. The molecular formula is C16H15N7O4S. The SMILES string of the molecule is C/C(=N\Nc1ccc(S(N)(=O)=O)cc1[N+](=O)[O-])c1ccc(-n2cncn2)cc1. The Bertz CT molecular complexity index is 1140. The minimum absolute atomic E-state index is 0.0379. The van der Waals surface area contributed by atoms with Crippen molar-refractivity contribution in [3.63, 3.8) is 0 Å². The molecule has 0 aliphatic carbocycles. The number of benzene rings is 2. The van der Waals surface area contributed by atoms with Gasteiger partial charge in [0.1, 0.15) is 18.3 Å². The van der Waals surface area contributed by atoms with Crippen LogP contribution in [-0.2, 0) is 10.0 Å². The molecule has 2 aromatic carbocycles. The Hall–Kier alpha value is -3.64. The second-order valence-corrected chi connectivity index (χ2v) is 7.24. The second-order valence-electron chi connectivity index (χ2n) is 5.68. The van der Waals surface area contributed by atoms with Crippen molar-refractivity contribution in [2.24, 2.45) is 10.2 Å². The molecule has 0 unspecified atom stereocenters. The summed E-state index contributed by atoms with van der Waals surface area (Å²) in [6.45, 7) is 1.72. The lowest BCUT2D eigenvalue weighted by Gasteiger charge is -2.07.